The van der Waals surface area contributed by atoms with Gasteiger partial charge in [-0.3, -0.25) is 4.79 Å². The van der Waals surface area contributed by atoms with Gasteiger partial charge in [0.1, 0.15) is 0 Å². The maximum absolute atomic E-state index is 13.6. The Morgan fingerprint density at radius 3 is 2.84 bits per heavy atom. The van der Waals surface area contributed by atoms with Crippen molar-refractivity contribution in [3.05, 3.63) is 101 Å². The maximum atomic E-state index is 13.6. The second-order valence-electron chi connectivity index (χ2n) is 7.86. The third-order valence-corrected chi connectivity index (χ3v) is 6.01. The summed E-state index contributed by atoms with van der Waals surface area (Å²) in [6, 6.07) is 17.1. The van der Waals surface area contributed by atoms with Crippen molar-refractivity contribution in [1.29, 1.82) is 0 Å². The lowest BCUT2D eigenvalue weighted by molar-refractivity contribution is 0.0731. The van der Waals surface area contributed by atoms with Crippen molar-refractivity contribution in [2.75, 3.05) is 6.54 Å². The lowest BCUT2D eigenvalue weighted by atomic mass is 10.0. The maximum Gasteiger partial charge on any atom is 0.254 e. The highest BCUT2D eigenvalue weighted by Crippen LogP contribution is 2.33. The molecule has 0 radical (unpaired) electrons. The highest BCUT2D eigenvalue weighted by atomic mass is 35.5. The number of carbonyl (C=O) groups excluding carboxylic acids is 1. The first-order chi connectivity index (χ1) is 15.7. The first-order valence-corrected chi connectivity index (χ1v) is 11.0. The number of amides is 1. The van der Waals surface area contributed by atoms with Gasteiger partial charge in [0.15, 0.2) is 5.82 Å². The summed E-state index contributed by atoms with van der Waals surface area (Å²) in [6.45, 7) is 1.31. The van der Waals surface area contributed by atoms with E-state index in [9.17, 15) is 4.79 Å². The largest absolute Gasteiger partial charge is 0.333 e. The van der Waals surface area contributed by atoms with Crippen molar-refractivity contribution in [1.82, 2.24) is 24.4 Å². The minimum Gasteiger partial charge on any atom is -0.333 e. The van der Waals surface area contributed by atoms with Gasteiger partial charge in [0, 0.05) is 47.8 Å². The van der Waals surface area contributed by atoms with E-state index >= 15 is 0 Å². The van der Waals surface area contributed by atoms with E-state index in [0.717, 1.165) is 35.2 Å². The molecule has 0 N–H and O–H groups in total. The van der Waals surface area contributed by atoms with E-state index in [0.29, 0.717) is 23.9 Å². The fourth-order valence-corrected chi connectivity index (χ4v) is 4.43. The number of imidazole rings is 1. The summed E-state index contributed by atoms with van der Waals surface area (Å²) in [5.74, 6) is 0.649. The molecule has 0 bridgehead atoms. The summed E-state index contributed by atoms with van der Waals surface area (Å²) in [4.78, 5) is 28.9. The smallest absolute Gasteiger partial charge is 0.254 e. The van der Waals surface area contributed by atoms with Crippen LogP contribution in [-0.2, 0) is 6.54 Å². The van der Waals surface area contributed by atoms with E-state index < -0.39 is 0 Å². The number of aromatic nitrogens is 4. The number of hydrogen-bond acceptors (Lipinski definition) is 4. The Kier molecular flexibility index (Phi) is 5.69. The van der Waals surface area contributed by atoms with Gasteiger partial charge in [-0.1, -0.05) is 41.9 Å². The molecule has 1 atom stereocenters. The highest BCUT2D eigenvalue weighted by Gasteiger charge is 2.32. The average Bonchev–Trinajstić information content (AvgIpc) is 3.51. The van der Waals surface area contributed by atoms with E-state index in [1.54, 1.807) is 18.7 Å². The van der Waals surface area contributed by atoms with Crippen molar-refractivity contribution < 1.29 is 4.79 Å². The summed E-state index contributed by atoms with van der Waals surface area (Å²) in [5, 5.41) is 0.642. The van der Waals surface area contributed by atoms with Gasteiger partial charge in [-0.2, -0.15) is 0 Å². The van der Waals surface area contributed by atoms with E-state index in [1.807, 2.05) is 70.3 Å². The van der Waals surface area contributed by atoms with Gasteiger partial charge < -0.3 is 9.47 Å². The third kappa shape index (κ3) is 4.14. The first kappa shape index (κ1) is 20.4. The van der Waals surface area contributed by atoms with Crippen LogP contribution in [0, 0.1) is 0 Å². The number of halogens is 1. The molecule has 160 valence electrons. The Morgan fingerprint density at radius 2 is 2.00 bits per heavy atom. The number of likely N-dealkylation sites (tertiary alicyclic amines) is 1. The van der Waals surface area contributed by atoms with E-state index in [4.69, 9.17) is 16.6 Å². The van der Waals surface area contributed by atoms with Crippen LogP contribution in [0.2, 0.25) is 5.02 Å². The minimum atomic E-state index is -0.0789. The molecule has 3 heterocycles. The van der Waals surface area contributed by atoms with Gasteiger partial charge in [-0.15, -0.1) is 0 Å². The topological polar surface area (TPSA) is 63.9 Å². The molecular formula is C25H22ClN5O. The van der Waals surface area contributed by atoms with Crippen LogP contribution < -0.4 is 0 Å². The van der Waals surface area contributed by atoms with Gasteiger partial charge in [-0.25, -0.2) is 15.0 Å². The molecule has 0 aliphatic carbocycles. The van der Waals surface area contributed by atoms with Gasteiger partial charge in [0.2, 0.25) is 0 Å². The van der Waals surface area contributed by atoms with Crippen molar-refractivity contribution in [3.63, 3.8) is 0 Å². The monoisotopic (exact) mass is 443 g/mol. The molecule has 1 aliphatic heterocycles. The van der Waals surface area contributed by atoms with Crippen LogP contribution in [0.15, 0.2) is 79.5 Å². The summed E-state index contributed by atoms with van der Waals surface area (Å²) in [5.41, 5.74) is 3.41. The molecule has 1 amide bonds. The average molecular weight is 444 g/mol. The summed E-state index contributed by atoms with van der Waals surface area (Å²) in [6.07, 6.45) is 8.98. The molecule has 5 rings (SSSR count). The van der Waals surface area contributed by atoms with E-state index in [2.05, 4.69) is 9.97 Å². The zero-order chi connectivity index (χ0) is 21.9. The summed E-state index contributed by atoms with van der Waals surface area (Å²) >= 11 is 6.15. The summed E-state index contributed by atoms with van der Waals surface area (Å²) < 4.78 is 1.97. The van der Waals surface area contributed by atoms with Crippen LogP contribution in [0.25, 0.3) is 11.4 Å². The lowest BCUT2D eigenvalue weighted by Crippen LogP contribution is -2.32. The first-order valence-electron chi connectivity index (χ1n) is 10.6. The van der Waals surface area contributed by atoms with Crippen molar-refractivity contribution in [2.24, 2.45) is 0 Å². The van der Waals surface area contributed by atoms with Crippen LogP contribution in [0.5, 0.6) is 0 Å². The van der Waals surface area contributed by atoms with Gasteiger partial charge in [-0.05, 0) is 42.7 Å². The Bertz CT molecular complexity index is 1240. The molecular weight excluding hydrogens is 422 g/mol. The Hall–Kier alpha value is -3.51. The number of carbonyl (C=O) groups is 1. The van der Waals surface area contributed by atoms with Gasteiger partial charge >= 0.3 is 0 Å². The minimum absolute atomic E-state index is 0.0335. The molecule has 1 aliphatic rings. The number of benzene rings is 2. The van der Waals surface area contributed by atoms with Crippen LogP contribution in [0.1, 0.15) is 40.5 Å². The van der Waals surface area contributed by atoms with Crippen molar-refractivity contribution >= 4 is 17.5 Å². The predicted octanol–water partition coefficient (Wildman–Crippen LogP) is 5.02. The van der Waals surface area contributed by atoms with Crippen LogP contribution in [0.4, 0.5) is 0 Å². The molecule has 0 unspecified atom stereocenters. The SMILES string of the molecule is O=C(c1ccccc1Cn1ccnc1)N1CCC[C@@H]1c1ccnc(-c2cccc(Cl)c2)n1. The van der Waals surface area contributed by atoms with Crippen LogP contribution in [0.3, 0.4) is 0 Å². The molecule has 32 heavy (non-hydrogen) atoms. The molecule has 6 nitrogen and oxygen atoms in total. The zero-order valence-corrected chi connectivity index (χ0v) is 18.2. The normalized spacial score (nSPS) is 15.8. The fourth-order valence-electron chi connectivity index (χ4n) is 4.24. The quantitative estimate of drug-likeness (QED) is 0.434. The molecule has 2 aromatic heterocycles. The van der Waals surface area contributed by atoms with Gasteiger partial charge in [0.25, 0.3) is 5.91 Å². The Labute approximate surface area is 191 Å². The zero-order valence-electron chi connectivity index (χ0n) is 17.4. The summed E-state index contributed by atoms with van der Waals surface area (Å²) in [7, 11) is 0. The van der Waals surface area contributed by atoms with Crippen molar-refractivity contribution in [3.8, 4) is 11.4 Å². The number of hydrogen-bond donors (Lipinski definition) is 0. The fraction of sp³-hybridized carbons (Fsp3) is 0.200. The predicted molar refractivity (Wildman–Crippen MR) is 123 cm³/mol. The Morgan fingerprint density at radius 1 is 1.09 bits per heavy atom. The standard InChI is InChI=1S/C25H22ClN5O/c26-20-7-3-6-18(15-20)24-28-11-10-22(29-24)23-9-4-13-31(23)25(32)21-8-2-1-5-19(21)16-30-14-12-27-17-30/h1-3,5-8,10-12,14-15,17,23H,4,9,13,16H2/t23-/m1/s1. The molecule has 1 fully saturated rings. The molecule has 4 aromatic rings. The van der Waals surface area contributed by atoms with E-state index in [-0.39, 0.29) is 11.9 Å². The van der Waals surface area contributed by atoms with E-state index in [1.165, 1.54) is 0 Å². The lowest BCUT2D eigenvalue weighted by Gasteiger charge is -2.25. The molecule has 1 saturated heterocycles. The van der Waals surface area contributed by atoms with Crippen molar-refractivity contribution in [2.45, 2.75) is 25.4 Å². The van der Waals surface area contributed by atoms with Crippen LogP contribution >= 0.6 is 11.6 Å². The second kappa shape index (κ2) is 8.93. The Balaban J connectivity index is 1.44. The highest BCUT2D eigenvalue weighted by molar-refractivity contribution is 6.30. The third-order valence-electron chi connectivity index (χ3n) is 5.77. The molecule has 2 aromatic carbocycles. The number of rotatable bonds is 5. The molecule has 0 saturated carbocycles. The molecule has 7 heteroatoms. The molecule has 0 spiro atoms. The van der Waals surface area contributed by atoms with Gasteiger partial charge in [0.05, 0.1) is 18.1 Å². The number of nitrogens with zero attached hydrogens (tertiary/aromatic N) is 5. The second-order valence-corrected chi connectivity index (χ2v) is 8.30. The van der Waals surface area contributed by atoms with Crippen LogP contribution in [-0.4, -0.2) is 36.9 Å².